The van der Waals surface area contributed by atoms with E-state index < -0.39 is 10.0 Å². The average Bonchev–Trinajstić information content (AvgIpc) is 3.07. The first-order valence-electron chi connectivity index (χ1n) is 9.62. The molecule has 1 amide bonds. The predicted octanol–water partition coefficient (Wildman–Crippen LogP) is 4.28. The number of benzene rings is 2. The summed E-state index contributed by atoms with van der Waals surface area (Å²) in [7, 11) is -3.51. The van der Waals surface area contributed by atoms with Crippen LogP contribution in [0.1, 0.15) is 35.1 Å². The molecule has 1 aliphatic rings. The number of aromatic nitrogens is 1. The van der Waals surface area contributed by atoms with E-state index in [1.807, 2.05) is 25.1 Å². The fourth-order valence-corrected chi connectivity index (χ4v) is 5.75. The lowest BCUT2D eigenvalue weighted by atomic mass is 10.0. The Morgan fingerprint density at radius 2 is 1.83 bits per heavy atom. The van der Waals surface area contributed by atoms with E-state index >= 15 is 0 Å². The number of hydrogen-bond acceptors (Lipinski definition) is 5. The van der Waals surface area contributed by atoms with Crippen LogP contribution in [0.25, 0.3) is 10.2 Å². The Hall–Kier alpha value is -2.29. The van der Waals surface area contributed by atoms with Crippen LogP contribution >= 0.6 is 11.3 Å². The van der Waals surface area contributed by atoms with Gasteiger partial charge in [0.25, 0.3) is 5.91 Å². The van der Waals surface area contributed by atoms with Crippen LogP contribution in [0.4, 0.5) is 5.69 Å². The van der Waals surface area contributed by atoms with E-state index in [0.717, 1.165) is 28.1 Å². The number of carbonyl (C=O) groups is 1. The molecular formula is C21H23N3O3S2. The van der Waals surface area contributed by atoms with Crippen molar-refractivity contribution in [1.82, 2.24) is 9.29 Å². The summed E-state index contributed by atoms with van der Waals surface area (Å²) in [6.07, 6.45) is 1.76. The molecule has 1 N–H and O–H groups in total. The number of thiazole rings is 1. The van der Waals surface area contributed by atoms with Gasteiger partial charge >= 0.3 is 0 Å². The van der Waals surface area contributed by atoms with Crippen LogP contribution in [-0.4, -0.2) is 36.7 Å². The minimum absolute atomic E-state index is 0.225. The Bertz CT molecular complexity index is 1150. The first-order chi connectivity index (χ1) is 13.8. The number of nitrogens with one attached hydrogen (secondary N) is 1. The molecule has 0 saturated carbocycles. The molecule has 2 heterocycles. The largest absolute Gasteiger partial charge is 0.322 e. The van der Waals surface area contributed by atoms with Gasteiger partial charge in [-0.25, -0.2) is 13.4 Å². The highest BCUT2D eigenvalue weighted by atomic mass is 32.2. The Labute approximate surface area is 174 Å². The average molecular weight is 430 g/mol. The van der Waals surface area contributed by atoms with Crippen LogP contribution in [0, 0.1) is 12.8 Å². The Balaban J connectivity index is 1.48. The second kappa shape index (κ2) is 7.85. The van der Waals surface area contributed by atoms with Gasteiger partial charge < -0.3 is 5.32 Å². The zero-order chi connectivity index (χ0) is 20.6. The van der Waals surface area contributed by atoms with E-state index in [1.54, 1.807) is 23.5 Å². The molecule has 4 rings (SSSR count). The fourth-order valence-electron chi connectivity index (χ4n) is 3.48. The number of hydrogen-bond donors (Lipinski definition) is 1. The molecule has 1 aromatic heterocycles. The standard InChI is InChI=1S/C21H23N3O3S2/c1-14-9-11-24(12-10-14)29(26,27)18-6-3-16(4-7-18)21(25)23-17-5-8-20-19(13-17)22-15(2)28-20/h3-8,13-14H,9-12H2,1-2H3,(H,23,25). The van der Waals surface area contributed by atoms with Gasteiger partial charge in [0.2, 0.25) is 10.0 Å². The highest BCUT2D eigenvalue weighted by molar-refractivity contribution is 7.89. The van der Waals surface area contributed by atoms with Crippen molar-refractivity contribution in [3.05, 3.63) is 53.0 Å². The number of piperidine rings is 1. The first kappa shape index (κ1) is 20.0. The fraction of sp³-hybridized carbons (Fsp3) is 0.333. The van der Waals surface area contributed by atoms with Crippen molar-refractivity contribution in [2.24, 2.45) is 5.92 Å². The number of nitrogens with zero attached hydrogens (tertiary/aromatic N) is 2. The number of carbonyl (C=O) groups excluding carboxylic acids is 1. The number of anilines is 1. The molecule has 0 radical (unpaired) electrons. The molecule has 152 valence electrons. The zero-order valence-electron chi connectivity index (χ0n) is 16.4. The zero-order valence-corrected chi connectivity index (χ0v) is 18.0. The van der Waals surface area contributed by atoms with E-state index in [-0.39, 0.29) is 10.8 Å². The number of rotatable bonds is 4. The number of aryl methyl sites for hydroxylation is 1. The van der Waals surface area contributed by atoms with Gasteiger partial charge in [0, 0.05) is 24.3 Å². The molecule has 0 aliphatic carbocycles. The molecule has 0 spiro atoms. The van der Waals surface area contributed by atoms with E-state index in [2.05, 4.69) is 17.2 Å². The molecular weight excluding hydrogens is 406 g/mol. The molecule has 0 unspecified atom stereocenters. The highest BCUT2D eigenvalue weighted by Crippen LogP contribution is 2.26. The lowest BCUT2D eigenvalue weighted by Crippen LogP contribution is -2.37. The maximum absolute atomic E-state index is 12.8. The summed E-state index contributed by atoms with van der Waals surface area (Å²) in [6.45, 7) is 5.18. The van der Waals surface area contributed by atoms with Crippen LogP contribution in [0.5, 0.6) is 0 Å². The summed E-state index contributed by atoms with van der Waals surface area (Å²) in [5.74, 6) is 0.270. The number of amides is 1. The predicted molar refractivity (Wildman–Crippen MR) is 116 cm³/mol. The molecule has 0 atom stereocenters. The van der Waals surface area contributed by atoms with Gasteiger partial charge in [-0.1, -0.05) is 6.92 Å². The molecule has 1 aliphatic heterocycles. The second-order valence-corrected chi connectivity index (χ2v) is 10.7. The lowest BCUT2D eigenvalue weighted by Gasteiger charge is -2.29. The summed E-state index contributed by atoms with van der Waals surface area (Å²) in [4.78, 5) is 17.2. The van der Waals surface area contributed by atoms with Crippen LogP contribution in [0.3, 0.4) is 0 Å². The first-order valence-corrected chi connectivity index (χ1v) is 11.9. The maximum atomic E-state index is 12.8. The van der Waals surface area contributed by atoms with Gasteiger partial charge in [0.05, 0.1) is 20.1 Å². The van der Waals surface area contributed by atoms with Crippen LogP contribution in [-0.2, 0) is 10.0 Å². The third-order valence-electron chi connectivity index (χ3n) is 5.25. The minimum atomic E-state index is -3.51. The monoisotopic (exact) mass is 429 g/mol. The Morgan fingerprint density at radius 3 is 2.52 bits per heavy atom. The Morgan fingerprint density at radius 1 is 1.14 bits per heavy atom. The van der Waals surface area contributed by atoms with Crippen LogP contribution < -0.4 is 5.32 Å². The van der Waals surface area contributed by atoms with Crippen LogP contribution in [0.15, 0.2) is 47.4 Å². The summed E-state index contributed by atoms with van der Waals surface area (Å²) in [6, 6.07) is 11.7. The molecule has 6 nitrogen and oxygen atoms in total. The van der Waals surface area contributed by atoms with Gasteiger partial charge in [-0.3, -0.25) is 4.79 Å². The third-order valence-corrected chi connectivity index (χ3v) is 8.11. The SMILES string of the molecule is Cc1nc2cc(NC(=O)c3ccc(S(=O)(=O)N4CCC(C)CC4)cc3)ccc2s1. The summed E-state index contributed by atoms with van der Waals surface area (Å²) < 4.78 is 28.2. The molecule has 3 aromatic rings. The van der Waals surface area contributed by atoms with Crippen molar-refractivity contribution in [2.75, 3.05) is 18.4 Å². The molecule has 1 fully saturated rings. The summed E-state index contributed by atoms with van der Waals surface area (Å²) >= 11 is 1.61. The van der Waals surface area contributed by atoms with Crippen molar-refractivity contribution in [3.8, 4) is 0 Å². The van der Waals surface area contributed by atoms with Gasteiger partial charge in [-0.05, 0) is 68.1 Å². The number of sulfonamides is 1. The van der Waals surface area contributed by atoms with Crippen molar-refractivity contribution < 1.29 is 13.2 Å². The quantitative estimate of drug-likeness (QED) is 0.671. The van der Waals surface area contributed by atoms with Crippen molar-refractivity contribution in [1.29, 1.82) is 0 Å². The second-order valence-electron chi connectivity index (χ2n) is 7.48. The highest BCUT2D eigenvalue weighted by Gasteiger charge is 2.28. The lowest BCUT2D eigenvalue weighted by molar-refractivity contribution is 0.102. The molecule has 8 heteroatoms. The Kier molecular flexibility index (Phi) is 5.42. The summed E-state index contributed by atoms with van der Waals surface area (Å²) in [5.41, 5.74) is 1.92. The number of fused-ring (bicyclic) bond motifs is 1. The van der Waals surface area contributed by atoms with Crippen molar-refractivity contribution in [2.45, 2.75) is 31.6 Å². The summed E-state index contributed by atoms with van der Waals surface area (Å²) in [5, 5.41) is 3.83. The van der Waals surface area contributed by atoms with E-state index in [9.17, 15) is 13.2 Å². The van der Waals surface area contributed by atoms with E-state index in [4.69, 9.17) is 0 Å². The molecule has 0 bridgehead atoms. The van der Waals surface area contributed by atoms with E-state index in [1.165, 1.54) is 16.4 Å². The molecule has 1 saturated heterocycles. The normalized spacial score (nSPS) is 16.2. The van der Waals surface area contributed by atoms with Gasteiger partial charge in [0.1, 0.15) is 0 Å². The van der Waals surface area contributed by atoms with E-state index in [0.29, 0.717) is 30.3 Å². The van der Waals surface area contributed by atoms with Gasteiger partial charge in [-0.2, -0.15) is 4.31 Å². The van der Waals surface area contributed by atoms with Crippen molar-refractivity contribution >= 4 is 43.2 Å². The third kappa shape index (κ3) is 4.19. The minimum Gasteiger partial charge on any atom is -0.322 e. The van der Waals surface area contributed by atoms with Gasteiger partial charge in [0.15, 0.2) is 0 Å². The maximum Gasteiger partial charge on any atom is 0.255 e. The smallest absolute Gasteiger partial charge is 0.255 e. The molecule has 2 aromatic carbocycles. The molecule has 29 heavy (non-hydrogen) atoms. The van der Waals surface area contributed by atoms with Gasteiger partial charge in [-0.15, -0.1) is 11.3 Å². The van der Waals surface area contributed by atoms with Crippen molar-refractivity contribution in [3.63, 3.8) is 0 Å². The van der Waals surface area contributed by atoms with Crippen LogP contribution in [0.2, 0.25) is 0 Å². The topological polar surface area (TPSA) is 79.4 Å².